The highest BCUT2D eigenvalue weighted by atomic mass is 16.5. The molecule has 2 rings (SSSR count). The molecule has 2 fully saturated rings. The first-order chi connectivity index (χ1) is 6.65. The normalized spacial score (nSPS) is 43.9. The molecule has 0 aromatic heterocycles. The summed E-state index contributed by atoms with van der Waals surface area (Å²) < 4.78 is 5.47. The second kappa shape index (κ2) is 3.49. The summed E-state index contributed by atoms with van der Waals surface area (Å²) in [6, 6.07) is 0. The van der Waals surface area contributed by atoms with Gasteiger partial charge < -0.3 is 9.64 Å². The standard InChI is InChI=1S/C12H23NO/c1-11-6-4-7-12(11,10-14-3)8-5-9-13(11)2/h4-10H2,1-3H3/t11?,12-/m1/s1. The van der Waals surface area contributed by atoms with Crippen LogP contribution in [0.15, 0.2) is 0 Å². The first kappa shape index (κ1) is 10.4. The Balaban J connectivity index is 2.26. The van der Waals surface area contributed by atoms with Gasteiger partial charge >= 0.3 is 0 Å². The Labute approximate surface area is 87.6 Å². The maximum atomic E-state index is 5.47. The van der Waals surface area contributed by atoms with Gasteiger partial charge in [-0.3, -0.25) is 0 Å². The van der Waals surface area contributed by atoms with E-state index in [1.807, 2.05) is 7.11 Å². The van der Waals surface area contributed by atoms with Gasteiger partial charge in [0, 0.05) is 18.1 Å². The zero-order valence-electron chi connectivity index (χ0n) is 9.81. The van der Waals surface area contributed by atoms with E-state index in [2.05, 4.69) is 18.9 Å². The van der Waals surface area contributed by atoms with Crippen LogP contribution < -0.4 is 0 Å². The summed E-state index contributed by atoms with van der Waals surface area (Å²) in [6.45, 7) is 4.66. The molecule has 2 aliphatic rings. The number of piperidine rings is 1. The van der Waals surface area contributed by atoms with Crippen LogP contribution in [0.3, 0.4) is 0 Å². The van der Waals surface area contributed by atoms with Gasteiger partial charge in [-0.15, -0.1) is 0 Å². The molecule has 2 atom stereocenters. The lowest BCUT2D eigenvalue weighted by molar-refractivity contribution is -0.0676. The molecule has 0 amide bonds. The second-order valence-corrected chi connectivity index (χ2v) is 5.37. The average molecular weight is 197 g/mol. The Morgan fingerprint density at radius 2 is 1.93 bits per heavy atom. The van der Waals surface area contributed by atoms with E-state index in [1.165, 1.54) is 38.6 Å². The average Bonchev–Trinajstić information content (AvgIpc) is 2.47. The Kier molecular flexibility index (Phi) is 2.61. The molecule has 0 aromatic carbocycles. The third-order valence-corrected chi connectivity index (χ3v) is 4.87. The zero-order chi connectivity index (χ0) is 10.2. The summed E-state index contributed by atoms with van der Waals surface area (Å²) in [5.74, 6) is 0. The van der Waals surface area contributed by atoms with Gasteiger partial charge in [-0.2, -0.15) is 0 Å². The Morgan fingerprint density at radius 3 is 2.64 bits per heavy atom. The fraction of sp³-hybridized carbons (Fsp3) is 1.00. The third-order valence-electron chi connectivity index (χ3n) is 4.87. The molecule has 0 aromatic rings. The van der Waals surface area contributed by atoms with Crippen LogP contribution in [-0.4, -0.2) is 37.7 Å². The molecule has 14 heavy (non-hydrogen) atoms. The minimum Gasteiger partial charge on any atom is -0.384 e. The minimum absolute atomic E-state index is 0.404. The van der Waals surface area contributed by atoms with E-state index in [0.29, 0.717) is 11.0 Å². The maximum Gasteiger partial charge on any atom is 0.0536 e. The Bertz CT molecular complexity index is 214. The van der Waals surface area contributed by atoms with Crippen LogP contribution in [0.25, 0.3) is 0 Å². The maximum absolute atomic E-state index is 5.47. The number of hydrogen-bond donors (Lipinski definition) is 0. The highest BCUT2D eigenvalue weighted by molar-refractivity contribution is 5.09. The first-order valence-corrected chi connectivity index (χ1v) is 5.85. The van der Waals surface area contributed by atoms with Crippen molar-refractivity contribution in [2.24, 2.45) is 5.41 Å². The van der Waals surface area contributed by atoms with Crippen molar-refractivity contribution in [2.45, 2.75) is 44.6 Å². The van der Waals surface area contributed by atoms with Crippen molar-refractivity contribution in [1.29, 1.82) is 0 Å². The third kappa shape index (κ3) is 1.24. The van der Waals surface area contributed by atoms with Gasteiger partial charge in [-0.1, -0.05) is 6.42 Å². The summed E-state index contributed by atoms with van der Waals surface area (Å²) in [5.41, 5.74) is 0.857. The van der Waals surface area contributed by atoms with Gasteiger partial charge in [0.05, 0.1) is 6.61 Å². The van der Waals surface area contributed by atoms with E-state index < -0.39 is 0 Å². The van der Waals surface area contributed by atoms with Crippen molar-refractivity contribution in [3.63, 3.8) is 0 Å². The highest BCUT2D eigenvalue weighted by Crippen LogP contribution is 2.54. The summed E-state index contributed by atoms with van der Waals surface area (Å²) in [6.07, 6.45) is 6.80. The summed E-state index contributed by atoms with van der Waals surface area (Å²) >= 11 is 0. The quantitative estimate of drug-likeness (QED) is 0.673. The van der Waals surface area contributed by atoms with Gasteiger partial charge in [0.1, 0.15) is 0 Å². The number of hydrogen-bond acceptors (Lipinski definition) is 2. The van der Waals surface area contributed by atoms with E-state index in [1.54, 1.807) is 0 Å². The molecule has 0 N–H and O–H groups in total. The van der Waals surface area contributed by atoms with Crippen LogP contribution in [0.2, 0.25) is 0 Å². The van der Waals surface area contributed by atoms with Gasteiger partial charge in [-0.25, -0.2) is 0 Å². The van der Waals surface area contributed by atoms with Crippen molar-refractivity contribution in [1.82, 2.24) is 4.90 Å². The molecule has 1 saturated heterocycles. The molecule has 2 nitrogen and oxygen atoms in total. The Morgan fingerprint density at radius 1 is 1.21 bits per heavy atom. The molecule has 0 spiro atoms. The summed E-state index contributed by atoms with van der Waals surface area (Å²) in [7, 11) is 4.14. The van der Waals surface area contributed by atoms with Crippen molar-refractivity contribution < 1.29 is 4.74 Å². The number of rotatable bonds is 2. The fourth-order valence-corrected chi connectivity index (χ4v) is 3.77. The van der Waals surface area contributed by atoms with Crippen molar-refractivity contribution in [3.8, 4) is 0 Å². The van der Waals surface area contributed by atoms with Gasteiger partial charge in [0.25, 0.3) is 0 Å². The summed E-state index contributed by atoms with van der Waals surface area (Å²) in [4.78, 5) is 2.57. The molecule has 1 aliphatic carbocycles. The molecular formula is C12H23NO. The minimum atomic E-state index is 0.404. The van der Waals surface area contributed by atoms with Crippen LogP contribution in [0.1, 0.15) is 39.0 Å². The molecule has 82 valence electrons. The predicted molar refractivity (Wildman–Crippen MR) is 58.4 cm³/mol. The zero-order valence-corrected chi connectivity index (χ0v) is 9.81. The molecule has 1 aliphatic heterocycles. The number of ether oxygens (including phenoxy) is 1. The second-order valence-electron chi connectivity index (χ2n) is 5.37. The van der Waals surface area contributed by atoms with Crippen molar-refractivity contribution in [3.05, 3.63) is 0 Å². The van der Waals surface area contributed by atoms with E-state index in [4.69, 9.17) is 4.74 Å². The molecular weight excluding hydrogens is 174 g/mol. The van der Waals surface area contributed by atoms with Gasteiger partial charge in [-0.05, 0) is 46.2 Å². The van der Waals surface area contributed by atoms with Crippen molar-refractivity contribution in [2.75, 3.05) is 27.3 Å². The molecule has 1 unspecified atom stereocenters. The molecule has 1 saturated carbocycles. The lowest BCUT2D eigenvalue weighted by Gasteiger charge is -2.53. The van der Waals surface area contributed by atoms with Gasteiger partial charge in [0.15, 0.2) is 0 Å². The largest absolute Gasteiger partial charge is 0.384 e. The lowest BCUT2D eigenvalue weighted by atomic mass is 9.67. The monoisotopic (exact) mass is 197 g/mol. The first-order valence-electron chi connectivity index (χ1n) is 5.85. The van der Waals surface area contributed by atoms with Crippen LogP contribution in [0.5, 0.6) is 0 Å². The molecule has 2 heteroatoms. The van der Waals surface area contributed by atoms with Crippen LogP contribution >= 0.6 is 0 Å². The topological polar surface area (TPSA) is 12.5 Å². The van der Waals surface area contributed by atoms with E-state index in [-0.39, 0.29) is 0 Å². The summed E-state index contributed by atoms with van der Waals surface area (Å²) in [5, 5.41) is 0. The fourth-order valence-electron chi connectivity index (χ4n) is 3.77. The predicted octanol–water partition coefficient (Wildman–Crippen LogP) is 2.29. The van der Waals surface area contributed by atoms with Gasteiger partial charge in [0.2, 0.25) is 0 Å². The molecule has 1 heterocycles. The van der Waals surface area contributed by atoms with E-state index >= 15 is 0 Å². The number of likely N-dealkylation sites (tertiary alicyclic amines) is 1. The Hall–Kier alpha value is -0.0800. The molecule has 0 radical (unpaired) electrons. The van der Waals surface area contributed by atoms with Crippen LogP contribution in [0, 0.1) is 5.41 Å². The van der Waals surface area contributed by atoms with E-state index in [0.717, 1.165) is 6.61 Å². The molecule has 0 bridgehead atoms. The van der Waals surface area contributed by atoms with Crippen LogP contribution in [0.4, 0.5) is 0 Å². The number of methoxy groups -OCH3 is 1. The van der Waals surface area contributed by atoms with Crippen molar-refractivity contribution >= 4 is 0 Å². The smallest absolute Gasteiger partial charge is 0.0536 e. The number of fused-ring (bicyclic) bond motifs is 1. The van der Waals surface area contributed by atoms with Crippen LogP contribution in [-0.2, 0) is 4.74 Å². The van der Waals surface area contributed by atoms with E-state index in [9.17, 15) is 0 Å². The number of nitrogens with zero attached hydrogens (tertiary/aromatic N) is 1. The highest BCUT2D eigenvalue weighted by Gasteiger charge is 2.55. The SMILES string of the molecule is COC[C@@]12CCCN(C)C1(C)CCC2. The lowest BCUT2D eigenvalue weighted by Crippen LogP contribution is -2.58.